The predicted octanol–water partition coefficient (Wildman–Crippen LogP) is 4.70. The molecule has 0 amide bonds. The molecule has 0 aliphatic carbocycles. The van der Waals surface area contributed by atoms with Gasteiger partial charge in [0.1, 0.15) is 11.2 Å². The molecule has 0 aromatic carbocycles. The molecule has 144 valence electrons. The molecule has 6 nitrogen and oxygen atoms in total. The number of aromatic nitrogens is 5. The summed E-state index contributed by atoms with van der Waals surface area (Å²) >= 11 is 1.70. The van der Waals surface area contributed by atoms with Crippen molar-refractivity contribution in [3.63, 3.8) is 0 Å². The molecule has 1 aliphatic rings. The topological polar surface area (TPSA) is 82.3 Å². The number of aromatic amines is 2. The van der Waals surface area contributed by atoms with E-state index in [9.17, 15) is 0 Å². The first-order valence-electron chi connectivity index (χ1n) is 9.94. The van der Waals surface area contributed by atoms with Crippen LogP contribution in [-0.2, 0) is 0 Å². The Morgan fingerprint density at radius 3 is 2.79 bits per heavy atom. The molecule has 0 bridgehead atoms. The van der Waals surface area contributed by atoms with Gasteiger partial charge in [-0.15, -0.1) is 11.3 Å². The summed E-state index contributed by atoms with van der Waals surface area (Å²) in [6.07, 6.45) is 4.12. The molecule has 29 heavy (non-hydrogen) atoms. The number of rotatable bonds is 3. The van der Waals surface area contributed by atoms with Crippen LogP contribution >= 0.6 is 11.3 Å². The second-order valence-corrected chi connectivity index (χ2v) is 8.46. The van der Waals surface area contributed by atoms with Gasteiger partial charge in [0.2, 0.25) is 0 Å². The van der Waals surface area contributed by atoms with E-state index in [4.69, 9.17) is 4.98 Å². The molecule has 0 atom stereocenters. The lowest BCUT2D eigenvalue weighted by molar-refractivity contribution is 0.454. The minimum absolute atomic E-state index is 0.515. The van der Waals surface area contributed by atoms with Gasteiger partial charge in [0.15, 0.2) is 0 Å². The first-order valence-corrected chi connectivity index (χ1v) is 10.8. The summed E-state index contributed by atoms with van der Waals surface area (Å²) in [6, 6.07) is 12.6. The molecule has 0 spiro atoms. The number of hydrogen-bond donors (Lipinski definition) is 3. The van der Waals surface area contributed by atoms with Gasteiger partial charge >= 0.3 is 0 Å². The largest absolute Gasteiger partial charge is 0.353 e. The maximum Gasteiger partial charge on any atom is 0.135 e. The summed E-state index contributed by atoms with van der Waals surface area (Å²) in [5.74, 6) is 0.515. The first kappa shape index (κ1) is 16.9. The molecule has 0 radical (unpaired) electrons. The summed E-state index contributed by atoms with van der Waals surface area (Å²) < 4.78 is 0. The Balaban J connectivity index is 1.48. The number of nitrogens with one attached hydrogen (secondary N) is 3. The molecular weight excluding hydrogens is 380 g/mol. The van der Waals surface area contributed by atoms with Crippen LogP contribution in [0.2, 0.25) is 0 Å². The van der Waals surface area contributed by atoms with Crippen molar-refractivity contribution in [3.8, 4) is 22.0 Å². The standard InChI is InChI=1S/C22H20N6S/c1-2-19(29-11-1)20-14-12-18(25-16(14)7-10-24-20)22-21-17(27-28-22)4-3-15(26-21)13-5-8-23-9-6-13/h1-4,7,10-13,23,25H,5-6,8-9H2,(H,27,28). The molecule has 0 unspecified atom stereocenters. The Labute approximate surface area is 171 Å². The highest BCUT2D eigenvalue weighted by Gasteiger charge is 2.20. The summed E-state index contributed by atoms with van der Waals surface area (Å²) in [4.78, 5) is 14.3. The Bertz CT molecular complexity index is 1290. The quantitative estimate of drug-likeness (QED) is 0.410. The third-order valence-corrected chi connectivity index (χ3v) is 6.62. The predicted molar refractivity (Wildman–Crippen MR) is 117 cm³/mol. The van der Waals surface area contributed by atoms with Crippen molar-refractivity contribution in [1.82, 2.24) is 30.5 Å². The molecule has 6 rings (SSSR count). The fraction of sp³-hybridized carbons (Fsp3) is 0.227. The Morgan fingerprint density at radius 2 is 1.93 bits per heavy atom. The third kappa shape index (κ3) is 2.85. The van der Waals surface area contributed by atoms with Gasteiger partial charge in [0.25, 0.3) is 0 Å². The van der Waals surface area contributed by atoms with Crippen molar-refractivity contribution in [1.29, 1.82) is 0 Å². The van der Waals surface area contributed by atoms with Crippen molar-refractivity contribution in [3.05, 3.63) is 53.7 Å². The van der Waals surface area contributed by atoms with Gasteiger partial charge in [-0.3, -0.25) is 10.1 Å². The normalized spacial score (nSPS) is 15.4. The van der Waals surface area contributed by atoms with Gasteiger partial charge < -0.3 is 10.3 Å². The Hall–Kier alpha value is -3.03. The Kier molecular flexibility index (Phi) is 3.95. The molecule has 0 saturated carbocycles. The number of H-pyrrole nitrogens is 2. The summed E-state index contributed by atoms with van der Waals surface area (Å²) in [5, 5.41) is 14.4. The van der Waals surface area contributed by atoms with Gasteiger partial charge in [0, 0.05) is 28.7 Å². The molecule has 1 aliphatic heterocycles. The van der Waals surface area contributed by atoms with Crippen LogP contribution in [0.4, 0.5) is 0 Å². The number of piperidine rings is 1. The highest BCUT2D eigenvalue weighted by atomic mass is 32.1. The van der Waals surface area contributed by atoms with Crippen molar-refractivity contribution < 1.29 is 0 Å². The fourth-order valence-corrected chi connectivity index (χ4v) is 4.97. The molecule has 6 heterocycles. The van der Waals surface area contributed by atoms with Crippen molar-refractivity contribution >= 4 is 33.3 Å². The van der Waals surface area contributed by atoms with E-state index in [1.807, 2.05) is 12.3 Å². The second kappa shape index (κ2) is 6.79. The van der Waals surface area contributed by atoms with E-state index in [0.717, 1.165) is 64.9 Å². The lowest BCUT2D eigenvalue weighted by atomic mass is 9.94. The zero-order valence-electron chi connectivity index (χ0n) is 15.8. The summed E-state index contributed by atoms with van der Waals surface area (Å²) in [6.45, 7) is 2.12. The van der Waals surface area contributed by atoms with Crippen LogP contribution in [0, 0.1) is 0 Å². The van der Waals surface area contributed by atoms with Crippen molar-refractivity contribution in [2.24, 2.45) is 0 Å². The fourth-order valence-electron chi connectivity index (χ4n) is 4.24. The average molecular weight is 401 g/mol. The summed E-state index contributed by atoms with van der Waals surface area (Å²) in [7, 11) is 0. The molecule has 5 aromatic heterocycles. The molecule has 1 fully saturated rings. The molecule has 1 saturated heterocycles. The second-order valence-electron chi connectivity index (χ2n) is 7.51. The van der Waals surface area contributed by atoms with E-state index < -0.39 is 0 Å². The monoisotopic (exact) mass is 400 g/mol. The van der Waals surface area contributed by atoms with Crippen LogP contribution in [0.1, 0.15) is 24.5 Å². The van der Waals surface area contributed by atoms with E-state index in [-0.39, 0.29) is 0 Å². The van der Waals surface area contributed by atoms with Crippen LogP contribution in [0.15, 0.2) is 48.0 Å². The lowest BCUT2D eigenvalue weighted by Crippen LogP contribution is -2.27. The maximum absolute atomic E-state index is 5.02. The maximum atomic E-state index is 5.02. The number of pyridine rings is 2. The van der Waals surface area contributed by atoms with E-state index >= 15 is 0 Å². The van der Waals surface area contributed by atoms with Crippen LogP contribution in [-0.4, -0.2) is 38.2 Å². The number of nitrogens with zero attached hydrogens (tertiary/aromatic N) is 3. The summed E-state index contributed by atoms with van der Waals surface area (Å²) in [5.41, 5.74) is 6.95. The minimum Gasteiger partial charge on any atom is -0.353 e. The minimum atomic E-state index is 0.515. The smallest absolute Gasteiger partial charge is 0.135 e. The van der Waals surface area contributed by atoms with Crippen LogP contribution < -0.4 is 5.32 Å². The van der Waals surface area contributed by atoms with Crippen LogP contribution in [0.3, 0.4) is 0 Å². The molecule has 5 aromatic rings. The van der Waals surface area contributed by atoms with Gasteiger partial charge in [-0.05, 0) is 61.6 Å². The Morgan fingerprint density at radius 1 is 1.00 bits per heavy atom. The highest BCUT2D eigenvalue weighted by Crippen LogP contribution is 2.34. The molecular formula is C22H20N6S. The van der Waals surface area contributed by atoms with Crippen molar-refractivity contribution in [2.45, 2.75) is 18.8 Å². The average Bonchev–Trinajstić information content (AvgIpc) is 3.52. The van der Waals surface area contributed by atoms with Gasteiger partial charge in [-0.1, -0.05) is 6.07 Å². The van der Waals surface area contributed by atoms with Gasteiger partial charge in [-0.25, -0.2) is 4.98 Å². The highest BCUT2D eigenvalue weighted by molar-refractivity contribution is 7.13. The third-order valence-electron chi connectivity index (χ3n) is 5.74. The van der Waals surface area contributed by atoms with Crippen LogP contribution in [0.5, 0.6) is 0 Å². The first-order chi connectivity index (χ1) is 14.4. The van der Waals surface area contributed by atoms with E-state index in [2.05, 4.69) is 61.2 Å². The van der Waals surface area contributed by atoms with E-state index in [1.165, 1.54) is 10.6 Å². The SMILES string of the molecule is c1csc(-c2nccc3[nH]c(-c4n[nH]c5ccc(C6CCNCC6)nc45)cc23)c1. The van der Waals surface area contributed by atoms with Gasteiger partial charge in [0.05, 0.1) is 21.8 Å². The van der Waals surface area contributed by atoms with E-state index in [1.54, 1.807) is 11.3 Å². The number of hydrogen-bond acceptors (Lipinski definition) is 5. The van der Waals surface area contributed by atoms with Crippen LogP contribution in [0.25, 0.3) is 43.9 Å². The lowest BCUT2D eigenvalue weighted by Gasteiger charge is -2.22. The number of fused-ring (bicyclic) bond motifs is 2. The molecule has 7 heteroatoms. The zero-order chi connectivity index (χ0) is 19.2. The van der Waals surface area contributed by atoms with Gasteiger partial charge in [-0.2, -0.15) is 5.10 Å². The number of thiophene rings is 1. The molecule has 3 N–H and O–H groups in total. The zero-order valence-corrected chi connectivity index (χ0v) is 16.6. The van der Waals surface area contributed by atoms with Crippen molar-refractivity contribution in [2.75, 3.05) is 13.1 Å². The van der Waals surface area contributed by atoms with E-state index in [0.29, 0.717) is 5.92 Å².